The fourth-order valence-corrected chi connectivity index (χ4v) is 2.95. The van der Waals surface area contributed by atoms with E-state index in [4.69, 9.17) is 5.73 Å². The van der Waals surface area contributed by atoms with Gasteiger partial charge in [0.1, 0.15) is 0 Å². The summed E-state index contributed by atoms with van der Waals surface area (Å²) >= 11 is 0. The molecule has 1 aliphatic heterocycles. The average Bonchev–Trinajstić information content (AvgIpc) is 2.40. The molecule has 0 bridgehead atoms. The Kier molecular flexibility index (Phi) is 4.79. The van der Waals surface area contributed by atoms with Crippen molar-refractivity contribution in [2.75, 3.05) is 19.6 Å². The van der Waals surface area contributed by atoms with Gasteiger partial charge in [-0.15, -0.1) is 0 Å². The van der Waals surface area contributed by atoms with Crippen LogP contribution >= 0.6 is 0 Å². The highest BCUT2D eigenvalue weighted by atomic mass is 15.1. The third-order valence-corrected chi connectivity index (χ3v) is 4.87. The van der Waals surface area contributed by atoms with Crippen molar-refractivity contribution in [3.63, 3.8) is 0 Å². The van der Waals surface area contributed by atoms with Crippen molar-refractivity contribution in [3.8, 4) is 0 Å². The number of nitrogens with two attached hydrogens (primary N) is 1. The Labute approximate surface area is 130 Å². The Morgan fingerprint density at radius 3 is 2.10 bits per heavy atom. The first-order valence-corrected chi connectivity index (χ1v) is 8.26. The second kappa shape index (κ2) is 6.10. The number of hydrogen-bond acceptors (Lipinski definition) is 2. The van der Waals surface area contributed by atoms with Crippen LogP contribution in [0.4, 0.5) is 0 Å². The van der Waals surface area contributed by atoms with E-state index in [-0.39, 0.29) is 11.5 Å². The summed E-state index contributed by atoms with van der Waals surface area (Å²) in [5.74, 6) is 0. The summed E-state index contributed by atoms with van der Waals surface area (Å²) in [6.07, 6.45) is 2.56. The number of hydrogen-bond donors (Lipinski definition) is 1. The fraction of sp³-hybridized carbons (Fsp3) is 0.684. The first-order valence-electron chi connectivity index (χ1n) is 8.26. The van der Waals surface area contributed by atoms with Gasteiger partial charge in [0.05, 0.1) is 0 Å². The van der Waals surface area contributed by atoms with Crippen molar-refractivity contribution in [3.05, 3.63) is 35.4 Å². The standard InChI is InChI=1S/C19H32N2/c1-18(2,3)16-8-6-15(7-9-16)17(20)14-21-12-10-19(4,5)11-13-21/h6-9,17H,10-14,20H2,1-5H3. The predicted octanol–water partition coefficient (Wildman–Crippen LogP) is 4.11. The molecule has 1 heterocycles. The molecule has 1 aromatic rings. The van der Waals surface area contributed by atoms with E-state index in [1.807, 2.05) is 0 Å². The van der Waals surface area contributed by atoms with E-state index in [1.54, 1.807) is 0 Å². The molecule has 1 aliphatic rings. The molecule has 118 valence electrons. The van der Waals surface area contributed by atoms with Crippen LogP contribution in [0.1, 0.15) is 64.6 Å². The summed E-state index contributed by atoms with van der Waals surface area (Å²) < 4.78 is 0. The Morgan fingerprint density at radius 2 is 1.62 bits per heavy atom. The summed E-state index contributed by atoms with van der Waals surface area (Å²) in [7, 11) is 0. The largest absolute Gasteiger partial charge is 0.323 e. The molecule has 0 radical (unpaired) electrons. The lowest BCUT2D eigenvalue weighted by atomic mass is 9.82. The zero-order valence-electron chi connectivity index (χ0n) is 14.4. The van der Waals surface area contributed by atoms with Gasteiger partial charge >= 0.3 is 0 Å². The van der Waals surface area contributed by atoms with E-state index in [2.05, 4.69) is 63.8 Å². The van der Waals surface area contributed by atoms with Gasteiger partial charge < -0.3 is 10.6 Å². The van der Waals surface area contributed by atoms with Gasteiger partial charge in [-0.1, -0.05) is 58.9 Å². The molecule has 2 rings (SSSR count). The molecule has 1 unspecified atom stereocenters. The van der Waals surface area contributed by atoms with Crippen molar-refractivity contribution in [1.82, 2.24) is 4.90 Å². The molecule has 0 aliphatic carbocycles. The molecule has 1 fully saturated rings. The molecule has 21 heavy (non-hydrogen) atoms. The molecule has 1 saturated heterocycles. The molecule has 2 heteroatoms. The zero-order chi connectivity index (χ0) is 15.7. The SMILES string of the molecule is CC1(C)CCN(CC(N)c2ccc(C(C)(C)C)cc2)CC1. The minimum atomic E-state index is 0.125. The van der Waals surface area contributed by atoms with Crippen LogP contribution in [0.5, 0.6) is 0 Å². The van der Waals surface area contributed by atoms with Crippen molar-refractivity contribution < 1.29 is 0 Å². The minimum Gasteiger partial charge on any atom is -0.323 e. The van der Waals surface area contributed by atoms with Gasteiger partial charge in [0.25, 0.3) is 0 Å². The highest BCUT2D eigenvalue weighted by Crippen LogP contribution is 2.30. The van der Waals surface area contributed by atoms with Crippen LogP contribution in [0, 0.1) is 5.41 Å². The van der Waals surface area contributed by atoms with E-state index < -0.39 is 0 Å². The number of piperidine rings is 1. The van der Waals surface area contributed by atoms with Gasteiger partial charge in [-0.2, -0.15) is 0 Å². The summed E-state index contributed by atoms with van der Waals surface area (Å²) in [6.45, 7) is 14.8. The van der Waals surface area contributed by atoms with Crippen LogP contribution in [0.25, 0.3) is 0 Å². The van der Waals surface area contributed by atoms with Gasteiger partial charge in [0, 0.05) is 12.6 Å². The van der Waals surface area contributed by atoms with Gasteiger partial charge in [0.2, 0.25) is 0 Å². The van der Waals surface area contributed by atoms with Crippen LogP contribution in [0.2, 0.25) is 0 Å². The lowest BCUT2D eigenvalue weighted by Crippen LogP contribution is -2.40. The minimum absolute atomic E-state index is 0.125. The maximum Gasteiger partial charge on any atom is 0.0424 e. The van der Waals surface area contributed by atoms with Crippen molar-refractivity contribution in [1.29, 1.82) is 0 Å². The van der Waals surface area contributed by atoms with E-state index >= 15 is 0 Å². The van der Waals surface area contributed by atoms with Gasteiger partial charge in [-0.3, -0.25) is 0 Å². The lowest BCUT2D eigenvalue weighted by Gasteiger charge is -2.38. The normalized spacial score (nSPS) is 21.2. The summed E-state index contributed by atoms with van der Waals surface area (Å²) in [6, 6.07) is 9.00. The molecule has 0 saturated carbocycles. The molecule has 2 nitrogen and oxygen atoms in total. The lowest BCUT2D eigenvalue weighted by molar-refractivity contribution is 0.127. The van der Waals surface area contributed by atoms with E-state index in [1.165, 1.54) is 37.1 Å². The van der Waals surface area contributed by atoms with Gasteiger partial charge in [0.15, 0.2) is 0 Å². The second-order valence-electron chi connectivity index (χ2n) is 8.44. The number of nitrogens with zero attached hydrogens (tertiary/aromatic N) is 1. The first kappa shape index (κ1) is 16.5. The van der Waals surface area contributed by atoms with Crippen molar-refractivity contribution in [2.45, 2.75) is 58.9 Å². The number of likely N-dealkylation sites (tertiary alicyclic amines) is 1. The molecule has 0 aromatic heterocycles. The Hall–Kier alpha value is -0.860. The zero-order valence-corrected chi connectivity index (χ0v) is 14.4. The first-order chi connectivity index (χ1) is 9.67. The quantitative estimate of drug-likeness (QED) is 0.907. The van der Waals surface area contributed by atoms with Gasteiger partial charge in [-0.25, -0.2) is 0 Å². The molecule has 1 atom stereocenters. The smallest absolute Gasteiger partial charge is 0.0424 e. The summed E-state index contributed by atoms with van der Waals surface area (Å²) in [5.41, 5.74) is 9.76. The predicted molar refractivity (Wildman–Crippen MR) is 91.5 cm³/mol. The summed E-state index contributed by atoms with van der Waals surface area (Å²) in [5, 5.41) is 0. The maximum atomic E-state index is 6.41. The van der Waals surface area contributed by atoms with Crippen molar-refractivity contribution in [2.24, 2.45) is 11.1 Å². The highest BCUT2D eigenvalue weighted by Gasteiger charge is 2.26. The third-order valence-electron chi connectivity index (χ3n) is 4.87. The van der Waals surface area contributed by atoms with Crippen LogP contribution in [-0.4, -0.2) is 24.5 Å². The van der Waals surface area contributed by atoms with E-state index in [0.29, 0.717) is 5.41 Å². The average molecular weight is 288 g/mol. The second-order valence-corrected chi connectivity index (χ2v) is 8.44. The van der Waals surface area contributed by atoms with Crippen LogP contribution in [0.15, 0.2) is 24.3 Å². The van der Waals surface area contributed by atoms with E-state index in [9.17, 15) is 0 Å². The molecular weight excluding hydrogens is 256 g/mol. The van der Waals surface area contributed by atoms with Crippen molar-refractivity contribution >= 4 is 0 Å². The molecule has 1 aromatic carbocycles. The van der Waals surface area contributed by atoms with E-state index in [0.717, 1.165) is 6.54 Å². The van der Waals surface area contributed by atoms with Gasteiger partial charge in [-0.05, 0) is 47.9 Å². The van der Waals surface area contributed by atoms with Crippen LogP contribution in [0.3, 0.4) is 0 Å². The van der Waals surface area contributed by atoms with Crippen LogP contribution in [-0.2, 0) is 5.41 Å². The molecular formula is C19H32N2. The monoisotopic (exact) mass is 288 g/mol. The maximum absolute atomic E-state index is 6.41. The summed E-state index contributed by atoms with van der Waals surface area (Å²) in [4.78, 5) is 2.52. The molecule has 0 amide bonds. The Balaban J connectivity index is 1.93. The highest BCUT2D eigenvalue weighted by molar-refractivity contribution is 5.29. The Morgan fingerprint density at radius 1 is 1.10 bits per heavy atom. The topological polar surface area (TPSA) is 29.3 Å². The van der Waals surface area contributed by atoms with Crippen LogP contribution < -0.4 is 5.73 Å². The number of rotatable bonds is 3. The molecule has 0 spiro atoms. The fourth-order valence-electron chi connectivity index (χ4n) is 2.95. The number of benzene rings is 1. The third kappa shape index (κ3) is 4.55. The Bertz CT molecular complexity index is 443. The molecule has 2 N–H and O–H groups in total.